The Morgan fingerprint density at radius 2 is 2.03 bits per heavy atom. The van der Waals surface area contributed by atoms with Crippen LogP contribution in [0.25, 0.3) is 0 Å². The zero-order chi connectivity index (χ0) is 25.4. The molecule has 4 aliphatic carbocycles. The van der Waals surface area contributed by atoms with Crippen molar-refractivity contribution in [2.24, 2.45) is 28.6 Å². The number of hydrogen-bond donors (Lipinski definition) is 1. The van der Waals surface area contributed by atoms with Crippen molar-refractivity contribution >= 4 is 40.7 Å². The van der Waals surface area contributed by atoms with E-state index in [-0.39, 0.29) is 53.8 Å². The Bertz CT molecular complexity index is 1140. The Labute approximate surface area is 214 Å². The second kappa shape index (κ2) is 8.06. The van der Waals surface area contributed by atoms with Gasteiger partial charge in [0.05, 0.1) is 23.1 Å². The van der Waals surface area contributed by atoms with Gasteiger partial charge in [-0.2, -0.15) is 0 Å². The number of carbonyl (C=O) groups is 3. The number of hydrogen-bond acceptors (Lipinski definition) is 6. The fraction of sp³-hybridized carbons (Fsp3) is 0.593. The van der Waals surface area contributed by atoms with Crippen LogP contribution >= 0.6 is 23.2 Å². The predicted molar refractivity (Wildman–Crippen MR) is 130 cm³/mol. The Hall–Kier alpha value is -1.89. The molecule has 1 aromatic rings. The average molecular weight is 521 g/mol. The van der Waals surface area contributed by atoms with Crippen LogP contribution < -0.4 is 0 Å². The zero-order valence-electron chi connectivity index (χ0n) is 20.1. The van der Waals surface area contributed by atoms with Gasteiger partial charge < -0.3 is 14.3 Å². The Balaban J connectivity index is 1.62. The Morgan fingerprint density at radius 3 is 2.69 bits per heavy atom. The van der Waals surface area contributed by atoms with Crippen molar-refractivity contribution in [1.82, 2.24) is 0 Å². The first-order valence-corrected chi connectivity index (χ1v) is 13.0. The molecule has 8 heteroatoms. The van der Waals surface area contributed by atoms with E-state index in [0.29, 0.717) is 12.8 Å². The first-order valence-electron chi connectivity index (χ1n) is 12.1. The van der Waals surface area contributed by atoms with Crippen molar-refractivity contribution in [3.63, 3.8) is 0 Å². The Kier molecular flexibility index (Phi) is 5.71. The summed E-state index contributed by atoms with van der Waals surface area (Å²) >= 11 is 13.6. The van der Waals surface area contributed by atoms with Gasteiger partial charge in [-0.15, -0.1) is 23.2 Å². The molecule has 188 valence electrons. The van der Waals surface area contributed by atoms with Crippen LogP contribution in [0.15, 0.2) is 46.6 Å². The van der Waals surface area contributed by atoms with Crippen molar-refractivity contribution in [3.8, 4) is 0 Å². The van der Waals surface area contributed by atoms with Gasteiger partial charge in [-0.05, 0) is 49.3 Å². The number of carbonyl (C=O) groups excluding carboxylic acids is 3. The molecule has 0 aromatic carbocycles. The van der Waals surface area contributed by atoms with Gasteiger partial charge in [-0.3, -0.25) is 9.59 Å². The van der Waals surface area contributed by atoms with E-state index in [1.54, 1.807) is 12.1 Å². The summed E-state index contributed by atoms with van der Waals surface area (Å²) in [6.07, 6.45) is 7.42. The Morgan fingerprint density at radius 1 is 1.29 bits per heavy atom. The summed E-state index contributed by atoms with van der Waals surface area (Å²) in [5, 5.41) is 11.8. The van der Waals surface area contributed by atoms with Crippen LogP contribution in [0.3, 0.4) is 0 Å². The number of ether oxygens (including phenoxy) is 1. The lowest BCUT2D eigenvalue weighted by Crippen LogP contribution is -2.69. The number of fused-ring (bicyclic) bond motifs is 5. The summed E-state index contributed by atoms with van der Waals surface area (Å²) in [5.74, 6) is -2.10. The highest BCUT2D eigenvalue weighted by Gasteiger charge is 2.76. The first-order chi connectivity index (χ1) is 16.5. The van der Waals surface area contributed by atoms with E-state index in [2.05, 4.69) is 6.08 Å². The molecule has 4 aliphatic rings. The van der Waals surface area contributed by atoms with E-state index in [0.717, 1.165) is 5.57 Å². The minimum absolute atomic E-state index is 0.00353. The van der Waals surface area contributed by atoms with Crippen molar-refractivity contribution in [1.29, 1.82) is 0 Å². The summed E-state index contributed by atoms with van der Waals surface area (Å²) < 4.78 is 11.3. The van der Waals surface area contributed by atoms with Crippen molar-refractivity contribution in [3.05, 3.63) is 48.0 Å². The van der Waals surface area contributed by atoms with E-state index in [1.807, 2.05) is 26.8 Å². The molecule has 8 atom stereocenters. The molecule has 0 saturated heterocycles. The summed E-state index contributed by atoms with van der Waals surface area (Å²) in [6, 6.07) is 3.07. The van der Waals surface area contributed by atoms with Gasteiger partial charge in [0, 0.05) is 23.2 Å². The van der Waals surface area contributed by atoms with Crippen LogP contribution in [0.4, 0.5) is 0 Å². The fourth-order valence-electron chi connectivity index (χ4n) is 8.00. The number of halogens is 2. The summed E-state index contributed by atoms with van der Waals surface area (Å²) in [6.45, 7) is 5.80. The number of furan rings is 1. The first kappa shape index (κ1) is 24.8. The quantitative estimate of drug-likeness (QED) is 0.345. The third-order valence-corrected chi connectivity index (χ3v) is 10.8. The van der Waals surface area contributed by atoms with Gasteiger partial charge in [0.2, 0.25) is 5.76 Å². The third-order valence-electron chi connectivity index (χ3n) is 9.66. The minimum Gasteiger partial charge on any atom is -0.457 e. The van der Waals surface area contributed by atoms with Crippen molar-refractivity contribution < 1.29 is 28.6 Å². The van der Waals surface area contributed by atoms with E-state index >= 15 is 0 Å². The van der Waals surface area contributed by atoms with Crippen LogP contribution in [0.5, 0.6) is 0 Å². The topological polar surface area (TPSA) is 93.8 Å². The molecule has 2 fully saturated rings. The molecule has 0 amide bonds. The minimum atomic E-state index is -1.54. The number of allylic oxidation sites excluding steroid dienone is 4. The van der Waals surface area contributed by atoms with Crippen LogP contribution in [-0.2, 0) is 14.3 Å². The van der Waals surface area contributed by atoms with Crippen LogP contribution in [-0.4, -0.2) is 45.1 Å². The van der Waals surface area contributed by atoms with E-state index < -0.39 is 33.4 Å². The maximum absolute atomic E-state index is 13.6. The molecule has 1 aromatic heterocycles. The highest BCUT2D eigenvalue weighted by atomic mass is 35.5. The molecule has 2 saturated carbocycles. The standard InChI is InChI=1S/C27H30Cl2O6/c1-15-11-19-18-7-6-16-12-17(30)8-9-24(16,2)26(18,29)21(31)13-25(19,3)27(15,22(32)14-28)35-23(33)20-5-4-10-34-20/h4-6,8-10,15,18-19,21,31H,7,11-14H2,1-3H3/t15-,18+,19+,21+,24+,25+,26+,27+/m1/s1. The molecule has 0 unspecified atom stereocenters. The van der Waals surface area contributed by atoms with Gasteiger partial charge in [-0.1, -0.05) is 38.5 Å². The molecule has 0 bridgehead atoms. The lowest BCUT2D eigenvalue weighted by molar-refractivity contribution is -0.175. The SMILES string of the molecule is C[C@@H]1C[C@H]2[C@@H]3CC=C4CC(=O)C=C[C@]4(C)[C@@]3(Cl)[C@@H](O)C[C@]2(C)[C@@]1(OC(=O)c1ccco1)C(=O)CCl. The maximum Gasteiger partial charge on any atom is 0.375 e. The van der Waals surface area contributed by atoms with E-state index in [1.165, 1.54) is 12.3 Å². The predicted octanol–water partition coefficient (Wildman–Crippen LogP) is 4.87. The second-order valence-corrected chi connectivity index (χ2v) is 12.0. The molecule has 6 nitrogen and oxygen atoms in total. The number of aliphatic hydroxyl groups excluding tert-OH is 1. The van der Waals surface area contributed by atoms with E-state index in [4.69, 9.17) is 32.4 Å². The number of Topliss-reactive ketones (excluding diaryl/α,β-unsaturated/α-hetero) is 1. The average Bonchev–Trinajstić information content (AvgIpc) is 3.42. The molecule has 0 spiro atoms. The molecule has 5 rings (SSSR count). The van der Waals surface area contributed by atoms with Gasteiger partial charge >= 0.3 is 5.97 Å². The summed E-state index contributed by atoms with van der Waals surface area (Å²) in [7, 11) is 0. The van der Waals surface area contributed by atoms with Gasteiger partial charge in [0.15, 0.2) is 17.2 Å². The van der Waals surface area contributed by atoms with E-state index in [9.17, 15) is 19.5 Å². The molecule has 0 radical (unpaired) electrons. The molecular weight excluding hydrogens is 491 g/mol. The highest BCUT2D eigenvalue weighted by Crippen LogP contribution is 2.71. The smallest absolute Gasteiger partial charge is 0.375 e. The van der Waals surface area contributed by atoms with Crippen LogP contribution in [0.1, 0.15) is 57.0 Å². The largest absolute Gasteiger partial charge is 0.457 e. The molecule has 1 heterocycles. The molecule has 1 N–H and O–H groups in total. The second-order valence-electron chi connectivity index (χ2n) is 11.1. The third kappa shape index (κ3) is 3.02. The monoisotopic (exact) mass is 520 g/mol. The number of ketones is 2. The lowest BCUT2D eigenvalue weighted by atomic mass is 9.46. The van der Waals surface area contributed by atoms with Gasteiger partial charge in [0.1, 0.15) is 0 Å². The number of rotatable bonds is 4. The summed E-state index contributed by atoms with van der Waals surface area (Å²) in [5.41, 5.74) is -2.22. The maximum atomic E-state index is 13.6. The number of alkyl halides is 2. The van der Waals surface area contributed by atoms with Crippen LogP contribution in [0, 0.1) is 28.6 Å². The normalized spacial score (nSPS) is 44.2. The van der Waals surface area contributed by atoms with Crippen molar-refractivity contribution in [2.45, 2.75) is 63.0 Å². The molecule has 35 heavy (non-hydrogen) atoms. The van der Waals surface area contributed by atoms with Crippen molar-refractivity contribution in [2.75, 3.05) is 5.88 Å². The number of esters is 1. The summed E-state index contributed by atoms with van der Waals surface area (Å²) in [4.78, 5) is 37.7. The van der Waals surface area contributed by atoms with Crippen LogP contribution in [0.2, 0.25) is 0 Å². The molecular formula is C27H30Cl2O6. The zero-order valence-corrected chi connectivity index (χ0v) is 21.6. The molecule has 0 aliphatic heterocycles. The van der Waals surface area contributed by atoms with Gasteiger partial charge in [-0.25, -0.2) is 4.79 Å². The lowest BCUT2D eigenvalue weighted by Gasteiger charge is -2.63. The number of aliphatic hydroxyl groups is 1. The fourth-order valence-corrected chi connectivity index (χ4v) is 8.70. The van der Waals surface area contributed by atoms with Gasteiger partial charge in [0.25, 0.3) is 0 Å². The highest BCUT2D eigenvalue weighted by molar-refractivity contribution is 6.29.